The topological polar surface area (TPSA) is 83.6 Å². The van der Waals surface area contributed by atoms with E-state index in [9.17, 15) is 4.79 Å². The van der Waals surface area contributed by atoms with Gasteiger partial charge >= 0.3 is 0 Å². The Labute approximate surface area is 338 Å². The number of Topliss-reactive ketones (excluding diaryl/α,β-unsaturated/α-hetero) is 2. The van der Waals surface area contributed by atoms with E-state index in [0.29, 0.717) is 6.42 Å². The minimum Gasteiger partial charge on any atom is -0.416 e. The number of hydrogen-bond acceptors (Lipinski definition) is 7. The summed E-state index contributed by atoms with van der Waals surface area (Å²) in [6.45, 7) is 53.2. The number of ketones is 2. The zero-order chi connectivity index (χ0) is 42.9. The van der Waals surface area contributed by atoms with Crippen molar-refractivity contribution in [3.63, 3.8) is 0 Å². The van der Waals surface area contributed by atoms with Gasteiger partial charge in [-0.1, -0.05) is 109 Å². The molecule has 54 heavy (non-hydrogen) atoms. The molecule has 0 amide bonds. The zero-order valence-corrected chi connectivity index (χ0v) is 43.8. The van der Waals surface area contributed by atoms with E-state index in [-0.39, 0.29) is 63.4 Å². The van der Waals surface area contributed by atoms with Gasteiger partial charge in [-0.25, -0.2) is 0 Å². The van der Waals surface area contributed by atoms with Gasteiger partial charge in [0.05, 0.1) is 30.1 Å². The monoisotopic (exact) mass is 829 g/mol. The molecule has 0 spiro atoms. The summed E-state index contributed by atoms with van der Waals surface area (Å²) in [6, 6.07) is 0. The van der Waals surface area contributed by atoms with Gasteiger partial charge in [-0.05, 0) is 86.4 Å². The highest BCUT2D eigenvalue weighted by Gasteiger charge is 2.65. The Bertz CT molecular complexity index is 1280. The van der Waals surface area contributed by atoms with Crippen LogP contribution < -0.4 is 0 Å². The quantitative estimate of drug-likeness (QED) is 0.0686. The Morgan fingerprint density at radius 3 is 1.44 bits per heavy atom. The van der Waals surface area contributed by atoms with Crippen LogP contribution in [0.15, 0.2) is 12.2 Å². The first-order valence-electron chi connectivity index (χ1n) is 20.8. The van der Waals surface area contributed by atoms with Gasteiger partial charge in [0.1, 0.15) is 17.2 Å². The molecule has 1 rings (SSSR count). The van der Waals surface area contributed by atoms with Crippen LogP contribution in [-0.4, -0.2) is 82.0 Å². The molecule has 1 heterocycles. The van der Waals surface area contributed by atoms with Crippen LogP contribution in [0.5, 0.6) is 0 Å². The normalized spacial score (nSPS) is 22.6. The lowest BCUT2D eigenvalue weighted by atomic mass is 9.79. The lowest BCUT2D eigenvalue weighted by Gasteiger charge is -2.46. The molecule has 0 aromatic rings. The van der Waals surface area contributed by atoms with Crippen molar-refractivity contribution >= 4 is 44.8 Å². The maximum atomic E-state index is 16.0. The summed E-state index contributed by atoms with van der Waals surface area (Å²) >= 11 is 0. The lowest BCUT2D eigenvalue weighted by Crippen LogP contribution is -2.57. The largest absolute Gasteiger partial charge is 0.416 e. The summed E-state index contributed by atoms with van der Waals surface area (Å²) in [7, 11) is -9.57. The molecule has 0 saturated carbocycles. The van der Waals surface area contributed by atoms with Crippen molar-refractivity contribution in [1.82, 2.24) is 0 Å². The Morgan fingerprint density at radius 1 is 0.685 bits per heavy atom. The highest BCUT2D eigenvalue weighted by Crippen LogP contribution is 2.52. The summed E-state index contributed by atoms with van der Waals surface area (Å²) in [5.41, 5.74) is -0.717. The van der Waals surface area contributed by atoms with Crippen molar-refractivity contribution in [2.75, 3.05) is 13.2 Å². The molecule has 1 aliphatic rings. The minimum absolute atomic E-state index is 0.00194. The first-order chi connectivity index (χ1) is 23.8. The summed E-state index contributed by atoms with van der Waals surface area (Å²) in [4.78, 5) is 29.5. The second-order valence-corrected chi connectivity index (χ2v) is 41.8. The molecule has 0 aliphatic carbocycles. The van der Waals surface area contributed by atoms with Gasteiger partial charge < -0.3 is 22.4 Å². The zero-order valence-electron chi connectivity index (χ0n) is 39.8. The fourth-order valence-corrected chi connectivity index (χ4v) is 10.6. The van der Waals surface area contributed by atoms with Gasteiger partial charge in [0.2, 0.25) is 0 Å². The fourth-order valence-electron chi connectivity index (χ4n) is 5.78. The number of allylic oxidation sites excluding steroid dienone is 1. The summed E-state index contributed by atoms with van der Waals surface area (Å²) in [5, 5.41) is -0.370. The Hall–Kier alpha value is -0.252. The highest BCUT2D eigenvalue weighted by atomic mass is 28.4. The summed E-state index contributed by atoms with van der Waals surface area (Å²) in [5.74, 6) is -1.15. The molecule has 7 atom stereocenters. The standard InChI is InChI=1S/C43H88O7Si4/c1-25-27-31(3)37-43(16,48-37)38(50-54(23,24)42(13,14)15)34(30-47-52(19,20)40(7,8)9)36(45)33(29-46-51(17,18)39(4,5)6)35(28-32(44)26-2)49-53(21,22)41(10,11)12/h25,27,31,33-35,37-38H,26,28-30H2,1-24H3/b27-25-/t31-,33+,34-,35-,37+,38-,43?/m0/s1. The Morgan fingerprint density at radius 2 is 1.07 bits per heavy atom. The van der Waals surface area contributed by atoms with Crippen LogP contribution in [0, 0.1) is 17.8 Å². The van der Waals surface area contributed by atoms with Gasteiger partial charge in [0.15, 0.2) is 33.3 Å². The average Bonchev–Trinajstić information content (AvgIpc) is 3.66. The number of hydrogen-bond donors (Lipinski definition) is 0. The van der Waals surface area contributed by atoms with Crippen LogP contribution in [0.2, 0.25) is 72.5 Å². The predicted octanol–water partition coefficient (Wildman–Crippen LogP) is 12.4. The van der Waals surface area contributed by atoms with E-state index in [1.54, 1.807) is 0 Å². The number of epoxide rings is 1. The van der Waals surface area contributed by atoms with E-state index in [1.807, 2.05) is 13.8 Å². The molecule has 0 aromatic carbocycles. The molecule has 7 nitrogen and oxygen atoms in total. The molecular weight excluding hydrogens is 741 g/mol. The molecule has 11 heteroatoms. The van der Waals surface area contributed by atoms with E-state index in [4.69, 9.17) is 22.4 Å². The van der Waals surface area contributed by atoms with E-state index in [2.05, 4.69) is 161 Å². The molecule has 1 aliphatic heterocycles. The number of carbonyl (C=O) groups is 2. The van der Waals surface area contributed by atoms with Crippen molar-refractivity contribution in [2.45, 2.75) is 220 Å². The van der Waals surface area contributed by atoms with Gasteiger partial charge in [-0.15, -0.1) is 0 Å². The molecular formula is C43H88O7Si4. The number of carbonyl (C=O) groups excluding carboxylic acids is 2. The number of rotatable bonds is 20. The minimum atomic E-state index is -2.47. The second-order valence-electron chi connectivity index (χ2n) is 22.7. The molecule has 0 bridgehead atoms. The van der Waals surface area contributed by atoms with Crippen LogP contribution in [-0.2, 0) is 32.0 Å². The van der Waals surface area contributed by atoms with Crippen molar-refractivity contribution in [2.24, 2.45) is 17.8 Å². The molecule has 0 aromatic heterocycles. The molecule has 0 radical (unpaired) electrons. The van der Waals surface area contributed by atoms with Crippen LogP contribution in [0.25, 0.3) is 0 Å². The van der Waals surface area contributed by atoms with Gasteiger partial charge in [0, 0.05) is 32.0 Å². The molecule has 1 saturated heterocycles. The Kier molecular flexibility index (Phi) is 17.2. The summed E-state index contributed by atoms with van der Waals surface area (Å²) < 4.78 is 35.5. The first kappa shape index (κ1) is 51.8. The van der Waals surface area contributed by atoms with Crippen molar-refractivity contribution in [3.8, 4) is 0 Å². The molecule has 318 valence electrons. The van der Waals surface area contributed by atoms with Crippen LogP contribution in [0.3, 0.4) is 0 Å². The molecule has 0 N–H and O–H groups in total. The van der Waals surface area contributed by atoms with Crippen LogP contribution >= 0.6 is 0 Å². The van der Waals surface area contributed by atoms with Gasteiger partial charge in [0.25, 0.3) is 0 Å². The molecule has 1 unspecified atom stereocenters. The third kappa shape index (κ3) is 12.9. The van der Waals surface area contributed by atoms with Crippen LogP contribution in [0.4, 0.5) is 0 Å². The maximum absolute atomic E-state index is 16.0. The van der Waals surface area contributed by atoms with Crippen molar-refractivity contribution in [1.29, 1.82) is 0 Å². The Balaban J connectivity index is 4.25. The van der Waals surface area contributed by atoms with E-state index in [0.717, 1.165) is 0 Å². The van der Waals surface area contributed by atoms with Crippen molar-refractivity contribution < 1.29 is 32.0 Å². The average molecular weight is 830 g/mol. The predicted molar refractivity (Wildman–Crippen MR) is 240 cm³/mol. The third-order valence-corrected chi connectivity index (χ3v) is 32.1. The van der Waals surface area contributed by atoms with Gasteiger partial charge in [-0.3, -0.25) is 9.59 Å². The van der Waals surface area contributed by atoms with Crippen molar-refractivity contribution in [3.05, 3.63) is 12.2 Å². The number of ether oxygens (including phenoxy) is 1. The third-order valence-electron chi connectivity index (χ3n) is 14.1. The smallest absolute Gasteiger partial charge is 0.192 e. The van der Waals surface area contributed by atoms with E-state index >= 15 is 4.79 Å². The fraction of sp³-hybridized carbons (Fsp3) is 0.907. The van der Waals surface area contributed by atoms with E-state index in [1.165, 1.54) is 0 Å². The van der Waals surface area contributed by atoms with Crippen LogP contribution in [0.1, 0.15) is 124 Å². The van der Waals surface area contributed by atoms with E-state index < -0.39 is 62.9 Å². The summed E-state index contributed by atoms with van der Waals surface area (Å²) in [6.07, 6.45) is 3.48. The lowest BCUT2D eigenvalue weighted by molar-refractivity contribution is -0.139. The molecule has 1 fully saturated rings. The van der Waals surface area contributed by atoms with Gasteiger partial charge in [-0.2, -0.15) is 0 Å². The first-order valence-corrected chi connectivity index (χ1v) is 32.5. The SMILES string of the molecule is C/C=C\[C@H](C)[C@H]1OC1(C)[C@@H](O[Si](C)(C)C(C)(C)C)[C@@H](CO[Si](C)(C)C(C)(C)C)C(=O)[C@H](CO[Si](C)(C)C(C)(C)C)[C@H](CC(=O)CC)O[Si](C)(C)C(C)(C)C. The highest BCUT2D eigenvalue weighted by molar-refractivity contribution is 6.75. The second kappa shape index (κ2) is 17.9. The maximum Gasteiger partial charge on any atom is 0.192 e.